The summed E-state index contributed by atoms with van der Waals surface area (Å²) in [5, 5.41) is 3.44. The summed E-state index contributed by atoms with van der Waals surface area (Å²) in [4.78, 5) is 16.1. The molecule has 0 unspecified atom stereocenters. The molecule has 1 aliphatic heterocycles. The largest absolute Gasteiger partial charge is 0.487 e. The molecule has 4 rings (SSSR count). The van der Waals surface area contributed by atoms with Gasteiger partial charge in [-0.15, -0.1) is 0 Å². The molecule has 0 saturated carbocycles. The number of nitrogens with two attached hydrogens (primary N) is 1. The van der Waals surface area contributed by atoms with Crippen molar-refractivity contribution in [2.75, 3.05) is 13.1 Å². The second kappa shape index (κ2) is 8.45. The Bertz CT molecular complexity index is 1050. The van der Waals surface area contributed by atoms with Crippen LogP contribution in [-0.2, 0) is 19.4 Å². The van der Waals surface area contributed by atoms with Crippen LogP contribution >= 0.6 is 0 Å². The third-order valence-corrected chi connectivity index (χ3v) is 5.27. The fraction of sp³-hybridized carbons (Fsp3) is 0.250. The molecule has 2 aromatic carbocycles. The molecule has 2 heterocycles. The normalized spacial score (nSPS) is 13.4. The molecular weight excluding hydrogens is 362 g/mol. The summed E-state index contributed by atoms with van der Waals surface area (Å²) in [5.74, 6) is 0.266. The van der Waals surface area contributed by atoms with Crippen molar-refractivity contribution in [1.29, 1.82) is 0 Å². The predicted octanol–water partition coefficient (Wildman–Crippen LogP) is 3.42. The summed E-state index contributed by atoms with van der Waals surface area (Å²) in [6.07, 6.45) is 3.80. The quantitative estimate of drug-likeness (QED) is 0.703. The first-order chi connectivity index (χ1) is 14.1. The van der Waals surface area contributed by atoms with E-state index in [1.54, 1.807) is 12.3 Å². The Balaban J connectivity index is 1.69. The van der Waals surface area contributed by atoms with E-state index >= 15 is 0 Å². The minimum Gasteiger partial charge on any atom is -0.487 e. The number of carbonyl (C=O) groups excluding carboxylic acids is 1. The average molecular weight is 387 g/mol. The highest BCUT2D eigenvalue weighted by Crippen LogP contribution is 2.33. The molecule has 1 aromatic heterocycles. The van der Waals surface area contributed by atoms with Crippen LogP contribution in [0.5, 0.6) is 5.75 Å². The Labute approximate surface area is 170 Å². The minimum absolute atomic E-state index is 0.361. The molecule has 0 atom stereocenters. The lowest BCUT2D eigenvalue weighted by atomic mass is 9.95. The summed E-state index contributed by atoms with van der Waals surface area (Å²) < 4.78 is 6.11. The standard InChI is InChI=1S/C24H25N3O2/c1-16-6-11-27-21(12-16)15-29-23-5-4-20(24(25)28)14-22(23)19-3-2-17-7-9-26-10-8-18(17)13-19/h2-6,11-14,26H,7-10,15H2,1H3,(H2,25,28). The van der Waals surface area contributed by atoms with Gasteiger partial charge in [-0.1, -0.05) is 18.2 Å². The van der Waals surface area contributed by atoms with Gasteiger partial charge < -0.3 is 15.8 Å². The van der Waals surface area contributed by atoms with E-state index in [2.05, 4.69) is 28.5 Å². The van der Waals surface area contributed by atoms with Gasteiger partial charge in [0, 0.05) is 17.3 Å². The van der Waals surface area contributed by atoms with Crippen molar-refractivity contribution in [3.05, 3.63) is 82.7 Å². The van der Waals surface area contributed by atoms with Crippen LogP contribution < -0.4 is 15.8 Å². The zero-order valence-corrected chi connectivity index (χ0v) is 16.6. The highest BCUT2D eigenvalue weighted by atomic mass is 16.5. The predicted molar refractivity (Wildman–Crippen MR) is 114 cm³/mol. The number of aromatic nitrogens is 1. The van der Waals surface area contributed by atoms with Crippen molar-refractivity contribution in [2.24, 2.45) is 5.73 Å². The van der Waals surface area contributed by atoms with Gasteiger partial charge in [0.2, 0.25) is 5.91 Å². The maximum atomic E-state index is 11.8. The molecule has 0 spiro atoms. The molecule has 0 saturated heterocycles. The van der Waals surface area contributed by atoms with Crippen LogP contribution in [-0.4, -0.2) is 24.0 Å². The van der Waals surface area contributed by atoms with E-state index < -0.39 is 5.91 Å². The molecule has 0 aliphatic carbocycles. The number of primary amides is 1. The average Bonchev–Trinajstić information content (AvgIpc) is 2.97. The molecule has 5 heteroatoms. The molecule has 29 heavy (non-hydrogen) atoms. The molecule has 5 nitrogen and oxygen atoms in total. The Morgan fingerprint density at radius 2 is 1.90 bits per heavy atom. The Morgan fingerprint density at radius 1 is 1.07 bits per heavy atom. The second-order valence-corrected chi connectivity index (χ2v) is 7.42. The molecule has 148 valence electrons. The molecule has 0 radical (unpaired) electrons. The van der Waals surface area contributed by atoms with Crippen LogP contribution in [0.4, 0.5) is 0 Å². The third kappa shape index (κ3) is 4.46. The van der Waals surface area contributed by atoms with Gasteiger partial charge in [-0.3, -0.25) is 9.78 Å². The molecule has 1 amide bonds. The Kier molecular flexibility index (Phi) is 5.58. The monoisotopic (exact) mass is 387 g/mol. The van der Waals surface area contributed by atoms with Gasteiger partial charge in [0.05, 0.1) is 5.69 Å². The van der Waals surface area contributed by atoms with Crippen molar-refractivity contribution in [2.45, 2.75) is 26.4 Å². The first-order valence-electron chi connectivity index (χ1n) is 9.91. The summed E-state index contributed by atoms with van der Waals surface area (Å²) in [6.45, 7) is 4.36. The number of nitrogens with one attached hydrogen (secondary N) is 1. The molecule has 3 N–H and O–H groups in total. The Hall–Kier alpha value is -3.18. The van der Waals surface area contributed by atoms with Crippen molar-refractivity contribution < 1.29 is 9.53 Å². The second-order valence-electron chi connectivity index (χ2n) is 7.42. The number of aryl methyl sites for hydroxylation is 1. The maximum Gasteiger partial charge on any atom is 0.248 e. The van der Waals surface area contributed by atoms with E-state index in [0.29, 0.717) is 17.9 Å². The van der Waals surface area contributed by atoms with Crippen LogP contribution in [0.2, 0.25) is 0 Å². The smallest absolute Gasteiger partial charge is 0.248 e. The number of amides is 1. The lowest BCUT2D eigenvalue weighted by Gasteiger charge is -2.15. The summed E-state index contributed by atoms with van der Waals surface area (Å²) in [7, 11) is 0. The van der Waals surface area contributed by atoms with Crippen molar-refractivity contribution in [3.63, 3.8) is 0 Å². The van der Waals surface area contributed by atoms with Gasteiger partial charge in [-0.2, -0.15) is 0 Å². The number of nitrogens with zero attached hydrogens (tertiary/aromatic N) is 1. The van der Waals surface area contributed by atoms with Gasteiger partial charge in [-0.05, 0) is 85.4 Å². The summed E-state index contributed by atoms with van der Waals surface area (Å²) >= 11 is 0. The highest BCUT2D eigenvalue weighted by molar-refractivity contribution is 5.95. The zero-order chi connectivity index (χ0) is 20.2. The summed E-state index contributed by atoms with van der Waals surface area (Å²) in [5.41, 5.74) is 12.6. The molecule has 0 bridgehead atoms. The van der Waals surface area contributed by atoms with Gasteiger partial charge in [-0.25, -0.2) is 0 Å². The van der Waals surface area contributed by atoms with E-state index in [1.165, 1.54) is 11.1 Å². The third-order valence-electron chi connectivity index (χ3n) is 5.27. The van der Waals surface area contributed by atoms with E-state index in [4.69, 9.17) is 10.5 Å². The van der Waals surface area contributed by atoms with Crippen molar-refractivity contribution in [1.82, 2.24) is 10.3 Å². The number of ether oxygens (including phenoxy) is 1. The van der Waals surface area contributed by atoms with Crippen LogP contribution in [0.25, 0.3) is 11.1 Å². The van der Waals surface area contributed by atoms with Crippen LogP contribution in [0.15, 0.2) is 54.7 Å². The number of fused-ring (bicyclic) bond motifs is 1. The number of pyridine rings is 1. The van der Waals surface area contributed by atoms with Gasteiger partial charge in [0.15, 0.2) is 0 Å². The number of benzene rings is 2. The molecule has 1 aliphatic rings. The van der Waals surface area contributed by atoms with E-state index in [-0.39, 0.29) is 0 Å². The fourth-order valence-corrected chi connectivity index (χ4v) is 3.71. The number of hydrogen-bond donors (Lipinski definition) is 2. The first kappa shape index (κ1) is 19.2. The Morgan fingerprint density at radius 3 is 2.69 bits per heavy atom. The molecular formula is C24H25N3O2. The lowest BCUT2D eigenvalue weighted by Crippen LogP contribution is -2.16. The van der Waals surface area contributed by atoms with E-state index in [1.807, 2.05) is 31.2 Å². The zero-order valence-electron chi connectivity index (χ0n) is 16.6. The fourth-order valence-electron chi connectivity index (χ4n) is 3.71. The van der Waals surface area contributed by atoms with E-state index in [9.17, 15) is 4.79 Å². The topological polar surface area (TPSA) is 77.2 Å². The van der Waals surface area contributed by atoms with Crippen molar-refractivity contribution in [3.8, 4) is 16.9 Å². The number of carbonyl (C=O) groups is 1. The maximum absolute atomic E-state index is 11.8. The number of hydrogen-bond acceptors (Lipinski definition) is 4. The highest BCUT2D eigenvalue weighted by Gasteiger charge is 2.14. The first-order valence-corrected chi connectivity index (χ1v) is 9.91. The van der Waals surface area contributed by atoms with Gasteiger partial charge in [0.1, 0.15) is 12.4 Å². The van der Waals surface area contributed by atoms with Crippen LogP contribution in [0, 0.1) is 6.92 Å². The van der Waals surface area contributed by atoms with Gasteiger partial charge in [0.25, 0.3) is 0 Å². The molecule has 3 aromatic rings. The SMILES string of the molecule is Cc1ccnc(COc2ccc(C(N)=O)cc2-c2ccc3c(c2)CCNCC3)c1. The van der Waals surface area contributed by atoms with Crippen molar-refractivity contribution >= 4 is 5.91 Å². The lowest BCUT2D eigenvalue weighted by molar-refractivity contribution is 0.100. The van der Waals surface area contributed by atoms with Gasteiger partial charge >= 0.3 is 0 Å². The molecule has 0 fully saturated rings. The van der Waals surface area contributed by atoms with Crippen LogP contribution in [0.3, 0.4) is 0 Å². The van der Waals surface area contributed by atoms with Crippen LogP contribution in [0.1, 0.15) is 32.7 Å². The minimum atomic E-state index is -0.447. The van der Waals surface area contributed by atoms with E-state index in [0.717, 1.165) is 48.3 Å². The summed E-state index contributed by atoms with van der Waals surface area (Å²) in [6, 6.07) is 15.8. The number of rotatable bonds is 5.